The molecule has 106 valence electrons. The number of amides is 1. The van der Waals surface area contributed by atoms with Gasteiger partial charge < -0.3 is 16.0 Å². The van der Waals surface area contributed by atoms with Crippen LogP contribution in [0, 0.1) is 5.92 Å². The van der Waals surface area contributed by atoms with E-state index in [4.69, 9.17) is 0 Å². The molecule has 1 saturated heterocycles. The average molecular weight is 255 g/mol. The first-order chi connectivity index (χ1) is 8.41. The van der Waals surface area contributed by atoms with Crippen molar-refractivity contribution in [2.45, 2.75) is 58.5 Å². The minimum absolute atomic E-state index is 0.0819. The molecule has 0 spiro atoms. The van der Waals surface area contributed by atoms with Crippen LogP contribution in [-0.2, 0) is 4.79 Å². The molecule has 3 N–H and O–H groups in total. The van der Waals surface area contributed by atoms with E-state index in [1.807, 2.05) is 0 Å². The largest absolute Gasteiger partial charge is 0.353 e. The molecule has 2 unspecified atom stereocenters. The zero-order valence-electron chi connectivity index (χ0n) is 12.3. The third kappa shape index (κ3) is 5.83. The van der Waals surface area contributed by atoms with Crippen molar-refractivity contribution < 1.29 is 4.79 Å². The van der Waals surface area contributed by atoms with Gasteiger partial charge in [-0.1, -0.05) is 13.8 Å². The Bertz CT molecular complexity index is 260. The summed E-state index contributed by atoms with van der Waals surface area (Å²) in [7, 11) is 0. The van der Waals surface area contributed by atoms with Crippen molar-refractivity contribution in [1.29, 1.82) is 0 Å². The van der Waals surface area contributed by atoms with E-state index in [1.165, 1.54) is 0 Å². The van der Waals surface area contributed by atoms with E-state index in [1.54, 1.807) is 0 Å². The monoisotopic (exact) mass is 255 g/mol. The summed E-state index contributed by atoms with van der Waals surface area (Å²) in [5, 5.41) is 9.72. The van der Waals surface area contributed by atoms with Gasteiger partial charge in [-0.05, 0) is 45.6 Å². The molecule has 0 saturated carbocycles. The molecule has 0 aromatic rings. The van der Waals surface area contributed by atoms with Crippen LogP contribution in [0.15, 0.2) is 0 Å². The predicted molar refractivity (Wildman–Crippen MR) is 75.6 cm³/mol. The summed E-state index contributed by atoms with van der Waals surface area (Å²) in [5.41, 5.74) is 0.0819. The van der Waals surface area contributed by atoms with E-state index in [-0.39, 0.29) is 17.5 Å². The van der Waals surface area contributed by atoms with Gasteiger partial charge in [-0.3, -0.25) is 4.79 Å². The van der Waals surface area contributed by atoms with Gasteiger partial charge in [0.2, 0.25) is 5.91 Å². The summed E-state index contributed by atoms with van der Waals surface area (Å²) in [5.74, 6) is 0.810. The number of rotatable bonds is 7. The number of nitrogens with one attached hydrogen (secondary N) is 3. The normalized spacial score (nSPS) is 25.4. The number of hydrogen-bond donors (Lipinski definition) is 3. The molecule has 0 radical (unpaired) electrons. The second kappa shape index (κ2) is 7.10. The van der Waals surface area contributed by atoms with Gasteiger partial charge in [0.25, 0.3) is 0 Å². The first kappa shape index (κ1) is 15.4. The lowest BCUT2D eigenvalue weighted by atomic mass is 10.0. The lowest BCUT2D eigenvalue weighted by molar-refractivity contribution is -0.121. The van der Waals surface area contributed by atoms with Crippen molar-refractivity contribution in [1.82, 2.24) is 16.0 Å². The minimum Gasteiger partial charge on any atom is -0.353 e. The molecule has 2 atom stereocenters. The van der Waals surface area contributed by atoms with Crippen LogP contribution in [0.1, 0.15) is 47.0 Å². The summed E-state index contributed by atoms with van der Waals surface area (Å²) in [6, 6.07) is 0.274. The number of carbonyl (C=O) groups is 1. The summed E-state index contributed by atoms with van der Waals surface area (Å²) in [6.07, 6.45) is 3.31. The smallest absolute Gasteiger partial charge is 0.234 e. The standard InChI is InChI=1S/C14H29N3O/c1-11(2)5-6-12(3)17-13(18)9-16-14(4)7-8-15-10-14/h11-12,15-16H,5-10H2,1-4H3,(H,17,18). The van der Waals surface area contributed by atoms with Crippen molar-refractivity contribution in [3.8, 4) is 0 Å². The quantitative estimate of drug-likeness (QED) is 0.642. The van der Waals surface area contributed by atoms with Crippen molar-refractivity contribution in [2.24, 2.45) is 5.92 Å². The summed E-state index contributed by atoms with van der Waals surface area (Å²) < 4.78 is 0. The topological polar surface area (TPSA) is 53.2 Å². The molecule has 1 amide bonds. The molecule has 0 aliphatic carbocycles. The maximum Gasteiger partial charge on any atom is 0.234 e. The molecular weight excluding hydrogens is 226 g/mol. The van der Waals surface area contributed by atoms with Crippen LogP contribution >= 0.6 is 0 Å². The molecule has 1 fully saturated rings. The van der Waals surface area contributed by atoms with Crippen LogP contribution < -0.4 is 16.0 Å². The second-order valence-electron chi connectivity index (χ2n) is 6.28. The van der Waals surface area contributed by atoms with Gasteiger partial charge in [0.1, 0.15) is 0 Å². The van der Waals surface area contributed by atoms with Gasteiger partial charge in [-0.2, -0.15) is 0 Å². The van der Waals surface area contributed by atoms with Crippen molar-refractivity contribution in [3.05, 3.63) is 0 Å². The molecule has 1 rings (SSSR count). The average Bonchev–Trinajstić information content (AvgIpc) is 2.72. The highest BCUT2D eigenvalue weighted by molar-refractivity contribution is 5.78. The molecule has 0 aromatic carbocycles. The van der Waals surface area contributed by atoms with Crippen LogP contribution in [0.25, 0.3) is 0 Å². The van der Waals surface area contributed by atoms with E-state index < -0.39 is 0 Å². The zero-order chi connectivity index (χ0) is 13.6. The minimum atomic E-state index is 0.0819. The fraction of sp³-hybridized carbons (Fsp3) is 0.929. The zero-order valence-corrected chi connectivity index (χ0v) is 12.3. The maximum atomic E-state index is 11.8. The van der Waals surface area contributed by atoms with E-state index >= 15 is 0 Å². The van der Waals surface area contributed by atoms with Gasteiger partial charge in [-0.15, -0.1) is 0 Å². The Morgan fingerprint density at radius 1 is 1.33 bits per heavy atom. The molecule has 4 nitrogen and oxygen atoms in total. The van der Waals surface area contributed by atoms with Gasteiger partial charge >= 0.3 is 0 Å². The number of hydrogen-bond acceptors (Lipinski definition) is 3. The fourth-order valence-electron chi connectivity index (χ4n) is 2.24. The van der Waals surface area contributed by atoms with Crippen LogP contribution in [0.4, 0.5) is 0 Å². The van der Waals surface area contributed by atoms with Gasteiger partial charge in [-0.25, -0.2) is 0 Å². The maximum absolute atomic E-state index is 11.8. The third-order valence-electron chi connectivity index (χ3n) is 3.63. The van der Waals surface area contributed by atoms with E-state index in [0.29, 0.717) is 12.5 Å². The summed E-state index contributed by atoms with van der Waals surface area (Å²) in [6.45, 7) is 11.1. The highest BCUT2D eigenvalue weighted by Crippen LogP contribution is 2.12. The Kier molecular flexibility index (Phi) is 6.09. The Morgan fingerprint density at radius 2 is 2.06 bits per heavy atom. The number of carbonyl (C=O) groups excluding carboxylic acids is 1. The Balaban J connectivity index is 2.16. The molecule has 1 aliphatic rings. The van der Waals surface area contributed by atoms with Gasteiger partial charge in [0, 0.05) is 18.1 Å². The van der Waals surface area contributed by atoms with Crippen LogP contribution in [0.5, 0.6) is 0 Å². The van der Waals surface area contributed by atoms with E-state index in [9.17, 15) is 4.79 Å². The molecule has 0 bridgehead atoms. The van der Waals surface area contributed by atoms with Crippen molar-refractivity contribution in [2.75, 3.05) is 19.6 Å². The molecule has 18 heavy (non-hydrogen) atoms. The molecule has 0 aromatic heterocycles. The lowest BCUT2D eigenvalue weighted by Crippen LogP contribution is -2.49. The third-order valence-corrected chi connectivity index (χ3v) is 3.63. The van der Waals surface area contributed by atoms with E-state index in [0.717, 1.165) is 32.4 Å². The lowest BCUT2D eigenvalue weighted by Gasteiger charge is -2.24. The van der Waals surface area contributed by atoms with Gasteiger partial charge in [0.05, 0.1) is 6.54 Å². The van der Waals surface area contributed by atoms with Crippen LogP contribution in [0.3, 0.4) is 0 Å². The second-order valence-corrected chi connectivity index (χ2v) is 6.28. The SMILES string of the molecule is CC(C)CCC(C)NC(=O)CNC1(C)CCNC1. The van der Waals surface area contributed by atoms with Crippen molar-refractivity contribution in [3.63, 3.8) is 0 Å². The Morgan fingerprint density at radius 3 is 2.61 bits per heavy atom. The molecule has 1 heterocycles. The first-order valence-corrected chi connectivity index (χ1v) is 7.16. The van der Waals surface area contributed by atoms with Crippen molar-refractivity contribution >= 4 is 5.91 Å². The Labute approximate surface area is 111 Å². The fourth-order valence-corrected chi connectivity index (χ4v) is 2.24. The summed E-state index contributed by atoms with van der Waals surface area (Å²) in [4.78, 5) is 11.8. The first-order valence-electron chi connectivity index (χ1n) is 7.16. The molecule has 1 aliphatic heterocycles. The Hall–Kier alpha value is -0.610. The predicted octanol–water partition coefficient (Wildman–Crippen LogP) is 1.27. The summed E-state index contributed by atoms with van der Waals surface area (Å²) >= 11 is 0. The van der Waals surface area contributed by atoms with Crippen LogP contribution in [-0.4, -0.2) is 37.1 Å². The van der Waals surface area contributed by atoms with Gasteiger partial charge in [0.15, 0.2) is 0 Å². The highest BCUT2D eigenvalue weighted by Gasteiger charge is 2.28. The molecular formula is C14H29N3O. The van der Waals surface area contributed by atoms with Crippen LogP contribution in [0.2, 0.25) is 0 Å². The highest BCUT2D eigenvalue weighted by atomic mass is 16.2. The molecule has 4 heteroatoms. The van der Waals surface area contributed by atoms with E-state index in [2.05, 4.69) is 43.6 Å².